The van der Waals surface area contributed by atoms with Crippen LogP contribution in [0.25, 0.3) is 0 Å². The maximum atomic E-state index is 12.5. The summed E-state index contributed by atoms with van der Waals surface area (Å²) >= 11 is 3.42. The molecule has 9 nitrogen and oxygen atoms in total. The number of hydrogen-bond donors (Lipinski definition) is 3. The Labute approximate surface area is 229 Å². The number of benzene rings is 3. The number of nitrogens with zero attached hydrogens (tertiary/aromatic N) is 1. The molecule has 0 aliphatic rings. The third-order valence-corrected chi connectivity index (χ3v) is 6.37. The fourth-order valence-corrected chi connectivity index (χ4v) is 4.14. The molecule has 0 radical (unpaired) electrons. The average Bonchev–Trinajstić information content (AvgIpc) is 2.87. The molecule has 0 heterocycles. The summed E-state index contributed by atoms with van der Waals surface area (Å²) in [5.74, 6) is -1.39. The van der Waals surface area contributed by atoms with Gasteiger partial charge in [-0.05, 0) is 89.6 Å². The van der Waals surface area contributed by atoms with E-state index in [0.29, 0.717) is 27.2 Å². The fraction of sp³-hybridized carbons (Fsp3) is 0.214. The normalized spacial score (nSPS) is 10.7. The topological polar surface area (TPSA) is 118 Å². The van der Waals surface area contributed by atoms with E-state index in [0.717, 1.165) is 27.9 Å². The molecule has 3 aromatic rings. The number of hydrazone groups is 1. The summed E-state index contributed by atoms with van der Waals surface area (Å²) in [4.78, 5) is 36.9. The molecule has 3 aromatic carbocycles. The Kier molecular flexibility index (Phi) is 9.61. The Morgan fingerprint density at radius 3 is 2.26 bits per heavy atom. The van der Waals surface area contributed by atoms with Gasteiger partial charge in [-0.25, -0.2) is 5.43 Å². The van der Waals surface area contributed by atoms with Crippen molar-refractivity contribution in [1.29, 1.82) is 0 Å². The molecule has 3 rings (SSSR count). The van der Waals surface area contributed by atoms with Crippen LogP contribution in [0.3, 0.4) is 0 Å². The second-order valence-electron chi connectivity index (χ2n) is 8.54. The van der Waals surface area contributed by atoms with Crippen LogP contribution in [-0.4, -0.2) is 37.7 Å². The van der Waals surface area contributed by atoms with Crippen LogP contribution in [-0.2, 0) is 14.4 Å². The van der Waals surface area contributed by atoms with Gasteiger partial charge < -0.3 is 20.1 Å². The molecule has 0 bridgehead atoms. The number of para-hydroxylation sites is 1. The number of amides is 3. The number of hydrogen-bond acceptors (Lipinski definition) is 6. The molecule has 0 aromatic heterocycles. The summed E-state index contributed by atoms with van der Waals surface area (Å²) < 4.78 is 11.6. The molecule has 0 unspecified atom stereocenters. The van der Waals surface area contributed by atoms with Crippen molar-refractivity contribution < 1.29 is 23.9 Å². The van der Waals surface area contributed by atoms with E-state index in [1.165, 1.54) is 13.3 Å². The summed E-state index contributed by atoms with van der Waals surface area (Å²) in [7, 11) is 1.46. The Balaban J connectivity index is 1.61. The molecule has 0 saturated heterocycles. The van der Waals surface area contributed by atoms with Crippen molar-refractivity contribution >= 4 is 51.2 Å². The SMILES string of the molecule is COc1cc(/C=N\NC(=O)C(=O)Nc2c(C)cccc2C)cc(Br)c1OCC(=O)Nc1cccc(C)c1C. The van der Waals surface area contributed by atoms with Crippen LogP contribution in [0.2, 0.25) is 0 Å². The van der Waals surface area contributed by atoms with Gasteiger partial charge in [-0.3, -0.25) is 14.4 Å². The standard InChI is InChI=1S/C28H29BrN4O5/c1-16-8-7-11-22(19(16)4)31-24(34)15-38-26-21(29)12-20(13-23(26)37-5)14-30-33-28(36)27(35)32-25-17(2)9-6-10-18(25)3/h6-14H,15H2,1-5H3,(H,31,34)(H,32,35)(H,33,36)/b30-14-. The van der Waals surface area contributed by atoms with Gasteiger partial charge in [-0.15, -0.1) is 0 Å². The maximum absolute atomic E-state index is 12.5. The van der Waals surface area contributed by atoms with E-state index in [9.17, 15) is 14.4 Å². The van der Waals surface area contributed by atoms with Crippen LogP contribution in [0.4, 0.5) is 11.4 Å². The fourth-order valence-electron chi connectivity index (χ4n) is 3.56. The second kappa shape index (κ2) is 12.9. The Morgan fingerprint density at radius 2 is 1.58 bits per heavy atom. The van der Waals surface area contributed by atoms with Gasteiger partial charge in [0, 0.05) is 11.4 Å². The third-order valence-electron chi connectivity index (χ3n) is 5.78. The van der Waals surface area contributed by atoms with Gasteiger partial charge in [-0.1, -0.05) is 30.3 Å². The van der Waals surface area contributed by atoms with Crippen LogP contribution in [0.15, 0.2) is 58.1 Å². The zero-order valence-corrected chi connectivity index (χ0v) is 23.4. The third kappa shape index (κ3) is 7.19. The van der Waals surface area contributed by atoms with Gasteiger partial charge in [0.05, 0.1) is 17.8 Å². The first-order chi connectivity index (χ1) is 18.1. The minimum absolute atomic E-state index is 0.235. The number of rotatable bonds is 8. The van der Waals surface area contributed by atoms with E-state index in [-0.39, 0.29) is 12.5 Å². The van der Waals surface area contributed by atoms with Gasteiger partial charge in [0.2, 0.25) is 0 Å². The number of carbonyl (C=O) groups is 3. The van der Waals surface area contributed by atoms with E-state index in [2.05, 4.69) is 37.1 Å². The molecule has 3 N–H and O–H groups in total. The first-order valence-electron chi connectivity index (χ1n) is 11.7. The zero-order chi connectivity index (χ0) is 27.8. The molecule has 0 spiro atoms. The van der Waals surface area contributed by atoms with Gasteiger partial charge in [0.25, 0.3) is 5.91 Å². The minimum atomic E-state index is -0.912. The van der Waals surface area contributed by atoms with E-state index >= 15 is 0 Å². The molecule has 3 amide bonds. The van der Waals surface area contributed by atoms with Gasteiger partial charge >= 0.3 is 11.8 Å². The van der Waals surface area contributed by atoms with Crippen molar-refractivity contribution in [2.24, 2.45) is 5.10 Å². The van der Waals surface area contributed by atoms with Crippen molar-refractivity contribution in [2.45, 2.75) is 27.7 Å². The quantitative estimate of drug-likeness (QED) is 0.201. The van der Waals surface area contributed by atoms with E-state index in [1.54, 1.807) is 12.1 Å². The molecule has 0 atom stereocenters. The van der Waals surface area contributed by atoms with Crippen molar-refractivity contribution in [1.82, 2.24) is 5.43 Å². The zero-order valence-electron chi connectivity index (χ0n) is 21.8. The van der Waals surface area contributed by atoms with Gasteiger partial charge in [0.1, 0.15) is 0 Å². The second-order valence-corrected chi connectivity index (χ2v) is 9.39. The van der Waals surface area contributed by atoms with Crippen LogP contribution < -0.4 is 25.5 Å². The molecule has 10 heteroatoms. The Morgan fingerprint density at radius 1 is 0.921 bits per heavy atom. The lowest BCUT2D eigenvalue weighted by Crippen LogP contribution is -2.32. The summed E-state index contributed by atoms with van der Waals surface area (Å²) in [6.45, 7) is 7.36. The lowest BCUT2D eigenvalue weighted by Gasteiger charge is -2.14. The van der Waals surface area contributed by atoms with E-state index in [4.69, 9.17) is 9.47 Å². The maximum Gasteiger partial charge on any atom is 0.329 e. The highest BCUT2D eigenvalue weighted by Crippen LogP contribution is 2.36. The number of ether oxygens (including phenoxy) is 2. The molecule has 38 heavy (non-hydrogen) atoms. The molecule has 0 saturated carbocycles. The summed E-state index contributed by atoms with van der Waals surface area (Å²) in [5, 5.41) is 9.31. The van der Waals surface area contributed by atoms with Crippen LogP contribution in [0.5, 0.6) is 11.5 Å². The number of aryl methyl sites for hydroxylation is 3. The smallest absolute Gasteiger partial charge is 0.329 e. The lowest BCUT2D eigenvalue weighted by atomic mass is 10.1. The lowest BCUT2D eigenvalue weighted by molar-refractivity contribution is -0.136. The number of methoxy groups -OCH3 is 1. The monoisotopic (exact) mass is 580 g/mol. The Bertz CT molecular complexity index is 1380. The minimum Gasteiger partial charge on any atom is -0.493 e. The first-order valence-corrected chi connectivity index (χ1v) is 12.5. The molecule has 0 aliphatic carbocycles. The van der Waals surface area contributed by atoms with Crippen molar-refractivity contribution in [3.8, 4) is 11.5 Å². The van der Waals surface area contributed by atoms with Gasteiger partial charge in [0.15, 0.2) is 18.1 Å². The highest BCUT2D eigenvalue weighted by molar-refractivity contribution is 9.10. The van der Waals surface area contributed by atoms with Crippen molar-refractivity contribution in [3.63, 3.8) is 0 Å². The summed E-state index contributed by atoms with van der Waals surface area (Å²) in [6.07, 6.45) is 1.36. The predicted octanol–water partition coefficient (Wildman–Crippen LogP) is 4.80. The number of nitrogens with one attached hydrogen (secondary N) is 3. The molecular weight excluding hydrogens is 552 g/mol. The van der Waals surface area contributed by atoms with Crippen LogP contribution in [0.1, 0.15) is 27.8 Å². The van der Waals surface area contributed by atoms with Crippen LogP contribution >= 0.6 is 15.9 Å². The molecular formula is C28H29BrN4O5. The Hall–Kier alpha value is -4.18. The highest BCUT2D eigenvalue weighted by atomic mass is 79.9. The summed E-state index contributed by atoms with van der Waals surface area (Å²) in [5.41, 5.74) is 7.82. The highest BCUT2D eigenvalue weighted by Gasteiger charge is 2.16. The summed E-state index contributed by atoms with van der Waals surface area (Å²) in [6, 6.07) is 14.5. The number of halogens is 1. The molecule has 0 fully saturated rings. The van der Waals surface area contributed by atoms with E-state index in [1.807, 2.05) is 64.1 Å². The first kappa shape index (κ1) is 28.4. The van der Waals surface area contributed by atoms with E-state index < -0.39 is 11.8 Å². The largest absolute Gasteiger partial charge is 0.493 e. The number of carbonyl (C=O) groups excluding carboxylic acids is 3. The molecule has 0 aliphatic heterocycles. The predicted molar refractivity (Wildman–Crippen MR) is 151 cm³/mol. The van der Waals surface area contributed by atoms with Crippen molar-refractivity contribution in [2.75, 3.05) is 24.4 Å². The van der Waals surface area contributed by atoms with Gasteiger partial charge in [-0.2, -0.15) is 5.10 Å². The van der Waals surface area contributed by atoms with Crippen LogP contribution in [0, 0.1) is 27.7 Å². The average molecular weight is 581 g/mol. The number of anilines is 2. The van der Waals surface area contributed by atoms with Crippen molar-refractivity contribution in [3.05, 3.63) is 80.8 Å². The molecule has 198 valence electrons.